The van der Waals surface area contributed by atoms with Gasteiger partial charge in [0.05, 0.1) is 24.7 Å². The molecule has 1 N–H and O–H groups in total. The number of rotatable bonds is 5. The molecule has 0 aliphatic carbocycles. The highest BCUT2D eigenvalue weighted by atomic mass is 32.2. The molecule has 0 saturated carbocycles. The molecule has 1 aliphatic heterocycles. The highest BCUT2D eigenvalue weighted by Gasteiger charge is 2.24. The second-order valence-corrected chi connectivity index (χ2v) is 8.33. The fourth-order valence-electron chi connectivity index (χ4n) is 3.07. The Labute approximate surface area is 159 Å². The zero-order valence-corrected chi connectivity index (χ0v) is 16.2. The number of nitrogens with zero attached hydrogens (tertiary/aromatic N) is 2. The van der Waals surface area contributed by atoms with E-state index in [0.29, 0.717) is 43.2 Å². The lowest BCUT2D eigenvalue weighted by molar-refractivity contribution is 0.102. The summed E-state index contributed by atoms with van der Waals surface area (Å²) < 4.78 is 30.0. The van der Waals surface area contributed by atoms with Crippen molar-refractivity contribution in [3.05, 3.63) is 54.1 Å². The van der Waals surface area contributed by atoms with E-state index in [9.17, 15) is 13.2 Å². The van der Waals surface area contributed by atoms with Gasteiger partial charge < -0.3 is 15.0 Å². The van der Waals surface area contributed by atoms with Crippen LogP contribution in [0.3, 0.4) is 0 Å². The quantitative estimate of drug-likeness (QED) is 0.847. The normalized spacial score (nSPS) is 15.4. The largest absolute Gasteiger partial charge is 0.497 e. The van der Waals surface area contributed by atoms with Crippen molar-refractivity contribution in [3.63, 3.8) is 0 Å². The third-order valence-corrected chi connectivity index (χ3v) is 5.84. The highest BCUT2D eigenvalue weighted by Crippen LogP contribution is 2.27. The van der Waals surface area contributed by atoms with Crippen molar-refractivity contribution >= 4 is 27.3 Å². The molecular weight excluding hydrogens is 366 g/mol. The van der Waals surface area contributed by atoms with Crippen molar-refractivity contribution in [1.29, 1.82) is 0 Å². The predicted octanol–water partition coefficient (Wildman–Crippen LogP) is 2.03. The smallest absolute Gasteiger partial charge is 0.255 e. The average molecular weight is 389 g/mol. The minimum absolute atomic E-state index is 0.226. The summed E-state index contributed by atoms with van der Waals surface area (Å²) in [6.07, 6.45) is 1.23. The summed E-state index contributed by atoms with van der Waals surface area (Å²) in [6.45, 7) is 1.99. The van der Waals surface area contributed by atoms with Crippen LogP contribution in [-0.4, -0.2) is 58.2 Å². The molecule has 0 spiro atoms. The number of amides is 1. The summed E-state index contributed by atoms with van der Waals surface area (Å²) in [6, 6.07) is 14.5. The number of hydrogen-bond donors (Lipinski definition) is 1. The molecule has 1 fully saturated rings. The molecule has 2 aromatic carbocycles. The first-order valence-electron chi connectivity index (χ1n) is 8.63. The topological polar surface area (TPSA) is 79.0 Å². The van der Waals surface area contributed by atoms with Crippen LogP contribution >= 0.6 is 0 Å². The lowest BCUT2D eigenvalue weighted by atomic mass is 10.1. The minimum atomic E-state index is -3.18. The Balaban J connectivity index is 1.76. The van der Waals surface area contributed by atoms with Crippen LogP contribution in [0.4, 0.5) is 11.4 Å². The van der Waals surface area contributed by atoms with E-state index in [2.05, 4.69) is 10.2 Å². The molecule has 0 bridgehead atoms. The maximum absolute atomic E-state index is 12.6. The lowest BCUT2D eigenvalue weighted by Gasteiger charge is -2.35. The van der Waals surface area contributed by atoms with Gasteiger partial charge in [-0.05, 0) is 30.3 Å². The molecule has 144 valence electrons. The lowest BCUT2D eigenvalue weighted by Crippen LogP contribution is -2.48. The van der Waals surface area contributed by atoms with Crippen LogP contribution in [0.2, 0.25) is 0 Å². The number of nitrogens with one attached hydrogen (secondary N) is 1. The van der Waals surface area contributed by atoms with Crippen LogP contribution in [0.25, 0.3) is 0 Å². The molecule has 0 unspecified atom stereocenters. The summed E-state index contributed by atoms with van der Waals surface area (Å²) in [5, 5.41) is 2.95. The summed E-state index contributed by atoms with van der Waals surface area (Å²) >= 11 is 0. The van der Waals surface area contributed by atoms with Crippen LogP contribution in [0.15, 0.2) is 48.5 Å². The predicted molar refractivity (Wildman–Crippen MR) is 106 cm³/mol. The Kier molecular flexibility index (Phi) is 5.67. The Morgan fingerprint density at radius 2 is 1.74 bits per heavy atom. The van der Waals surface area contributed by atoms with Gasteiger partial charge in [0, 0.05) is 31.7 Å². The standard InChI is InChI=1S/C19H23N3O4S/c1-26-16-7-5-6-15(14-16)19(23)20-17-8-3-4-9-18(17)21-10-12-22(13-11-21)27(2,24)25/h3-9,14H,10-13H2,1-2H3,(H,20,23). The van der Waals surface area contributed by atoms with Gasteiger partial charge in [0.1, 0.15) is 5.75 Å². The average Bonchev–Trinajstić information content (AvgIpc) is 2.68. The van der Waals surface area contributed by atoms with E-state index in [1.54, 1.807) is 31.4 Å². The van der Waals surface area contributed by atoms with E-state index < -0.39 is 10.0 Å². The number of sulfonamides is 1. The maximum atomic E-state index is 12.6. The Morgan fingerprint density at radius 3 is 2.41 bits per heavy atom. The second kappa shape index (κ2) is 7.98. The summed E-state index contributed by atoms with van der Waals surface area (Å²) in [5.74, 6) is 0.393. The minimum Gasteiger partial charge on any atom is -0.497 e. The molecule has 0 aromatic heterocycles. The molecule has 3 rings (SSSR count). The number of hydrogen-bond acceptors (Lipinski definition) is 5. The fourth-order valence-corrected chi connectivity index (χ4v) is 3.90. The van der Waals surface area contributed by atoms with Gasteiger partial charge in [-0.2, -0.15) is 4.31 Å². The number of methoxy groups -OCH3 is 1. The molecule has 27 heavy (non-hydrogen) atoms. The van der Waals surface area contributed by atoms with E-state index in [0.717, 1.165) is 5.69 Å². The van der Waals surface area contributed by atoms with E-state index in [1.165, 1.54) is 10.6 Å². The molecule has 1 aliphatic rings. The third kappa shape index (κ3) is 4.58. The zero-order chi connectivity index (χ0) is 19.4. The SMILES string of the molecule is COc1cccc(C(=O)Nc2ccccc2N2CCN(S(C)(=O)=O)CC2)c1. The molecule has 8 heteroatoms. The van der Waals surface area contributed by atoms with Crippen LogP contribution in [0, 0.1) is 0 Å². The molecule has 0 radical (unpaired) electrons. The van der Waals surface area contributed by atoms with Crippen molar-refractivity contribution in [2.45, 2.75) is 0 Å². The molecule has 7 nitrogen and oxygen atoms in total. The van der Waals surface area contributed by atoms with Crippen LogP contribution in [0.5, 0.6) is 5.75 Å². The molecule has 0 atom stereocenters. The van der Waals surface area contributed by atoms with Gasteiger partial charge in [0.2, 0.25) is 10.0 Å². The van der Waals surface area contributed by atoms with E-state index in [-0.39, 0.29) is 5.91 Å². The van der Waals surface area contributed by atoms with Crippen molar-refractivity contribution in [1.82, 2.24) is 4.31 Å². The number of anilines is 2. The van der Waals surface area contributed by atoms with E-state index in [4.69, 9.17) is 4.74 Å². The van der Waals surface area contributed by atoms with Gasteiger partial charge in [-0.1, -0.05) is 18.2 Å². The maximum Gasteiger partial charge on any atom is 0.255 e. The number of benzene rings is 2. The zero-order valence-electron chi connectivity index (χ0n) is 15.4. The number of carbonyl (C=O) groups excluding carboxylic acids is 1. The first kappa shape index (κ1) is 19.2. The second-order valence-electron chi connectivity index (χ2n) is 6.35. The first-order chi connectivity index (χ1) is 12.9. The summed E-state index contributed by atoms with van der Waals surface area (Å²) in [4.78, 5) is 14.7. The van der Waals surface area contributed by atoms with Gasteiger partial charge in [-0.3, -0.25) is 4.79 Å². The number of para-hydroxylation sites is 2. The van der Waals surface area contributed by atoms with Crippen LogP contribution < -0.4 is 15.0 Å². The Morgan fingerprint density at radius 1 is 1.04 bits per heavy atom. The molecular formula is C19H23N3O4S. The van der Waals surface area contributed by atoms with Crippen molar-refractivity contribution in [3.8, 4) is 5.75 Å². The van der Waals surface area contributed by atoms with Crippen molar-refractivity contribution in [2.24, 2.45) is 0 Å². The van der Waals surface area contributed by atoms with Gasteiger partial charge in [0.15, 0.2) is 0 Å². The van der Waals surface area contributed by atoms with Crippen molar-refractivity contribution < 1.29 is 17.9 Å². The Hall–Kier alpha value is -2.58. The molecule has 1 saturated heterocycles. The van der Waals surface area contributed by atoms with Crippen molar-refractivity contribution in [2.75, 3.05) is 49.8 Å². The number of carbonyl (C=O) groups is 1. The molecule has 1 amide bonds. The monoisotopic (exact) mass is 389 g/mol. The van der Waals surface area contributed by atoms with Gasteiger partial charge in [-0.15, -0.1) is 0 Å². The summed E-state index contributed by atoms with van der Waals surface area (Å²) in [5.41, 5.74) is 2.08. The number of ether oxygens (including phenoxy) is 1. The first-order valence-corrected chi connectivity index (χ1v) is 10.5. The number of piperazine rings is 1. The fraction of sp³-hybridized carbons (Fsp3) is 0.316. The van der Waals surface area contributed by atoms with Crippen LogP contribution in [-0.2, 0) is 10.0 Å². The van der Waals surface area contributed by atoms with Gasteiger partial charge in [-0.25, -0.2) is 8.42 Å². The van der Waals surface area contributed by atoms with E-state index in [1.807, 2.05) is 24.3 Å². The molecule has 1 heterocycles. The highest BCUT2D eigenvalue weighted by molar-refractivity contribution is 7.88. The van der Waals surface area contributed by atoms with Crippen LogP contribution in [0.1, 0.15) is 10.4 Å². The van der Waals surface area contributed by atoms with Gasteiger partial charge in [0.25, 0.3) is 5.91 Å². The summed E-state index contributed by atoms with van der Waals surface area (Å²) in [7, 11) is -1.62. The van der Waals surface area contributed by atoms with Gasteiger partial charge >= 0.3 is 0 Å². The third-order valence-electron chi connectivity index (χ3n) is 4.53. The Bertz CT molecular complexity index is 922. The van der Waals surface area contributed by atoms with E-state index >= 15 is 0 Å². The molecule has 2 aromatic rings.